The molecule has 1 aliphatic heterocycles. The monoisotopic (exact) mass is 444 g/mol. The van der Waals surface area contributed by atoms with Gasteiger partial charge in [-0.05, 0) is 29.5 Å². The van der Waals surface area contributed by atoms with Gasteiger partial charge in [-0.3, -0.25) is 19.9 Å². The highest BCUT2D eigenvalue weighted by atomic mass is 16.1. The van der Waals surface area contributed by atoms with Crippen molar-refractivity contribution in [3.8, 4) is 17.2 Å². The molecule has 0 bridgehead atoms. The smallest absolute Gasteiger partial charge is 0.253 e. The molecule has 1 fully saturated rings. The van der Waals surface area contributed by atoms with Gasteiger partial charge in [0.25, 0.3) is 5.91 Å². The fourth-order valence-corrected chi connectivity index (χ4v) is 3.98. The Morgan fingerprint density at radius 1 is 1.12 bits per heavy atom. The van der Waals surface area contributed by atoms with E-state index in [0.717, 1.165) is 19.6 Å². The number of carbonyl (C=O) groups is 2. The van der Waals surface area contributed by atoms with Gasteiger partial charge in [-0.15, -0.1) is 0 Å². The second kappa shape index (κ2) is 11.1. The lowest BCUT2D eigenvalue weighted by atomic mass is 9.84. The average Bonchev–Trinajstić information content (AvgIpc) is 2.82. The molecule has 8 heteroatoms. The van der Waals surface area contributed by atoms with E-state index in [2.05, 4.69) is 58.0 Å². The van der Waals surface area contributed by atoms with Crippen molar-refractivity contribution in [2.24, 2.45) is 5.73 Å². The van der Waals surface area contributed by atoms with E-state index >= 15 is 0 Å². The molecule has 170 valence electrons. The lowest BCUT2D eigenvalue weighted by Crippen LogP contribution is -2.51. The zero-order valence-corrected chi connectivity index (χ0v) is 18.4. The summed E-state index contributed by atoms with van der Waals surface area (Å²) in [6.45, 7) is 2.37. The molecule has 3 rings (SSSR count). The number of primary amides is 1. The SMILES string of the molecule is N#CCC1(N/C=C(\C(=N)NC=O)C(N)=O)CCN(Cc2ccc(-c3ccccc3)cc2)CC1. The molecule has 1 aliphatic rings. The van der Waals surface area contributed by atoms with Crippen LogP contribution >= 0.6 is 0 Å². The fourth-order valence-electron chi connectivity index (χ4n) is 3.98. The molecule has 0 saturated carbocycles. The number of nitrogens with zero attached hydrogens (tertiary/aromatic N) is 2. The maximum Gasteiger partial charge on any atom is 0.253 e. The number of rotatable bonds is 9. The maximum atomic E-state index is 11.7. The Morgan fingerprint density at radius 2 is 1.76 bits per heavy atom. The van der Waals surface area contributed by atoms with Gasteiger partial charge in [-0.1, -0.05) is 54.6 Å². The zero-order chi connectivity index (χ0) is 23.7. The minimum atomic E-state index is -0.828. The van der Waals surface area contributed by atoms with E-state index in [1.165, 1.54) is 22.9 Å². The minimum Gasteiger partial charge on any atom is -0.384 e. The van der Waals surface area contributed by atoms with Crippen molar-refractivity contribution >= 4 is 18.2 Å². The predicted octanol–water partition coefficient (Wildman–Crippen LogP) is 2.28. The quantitative estimate of drug-likeness (QED) is 0.204. The van der Waals surface area contributed by atoms with Gasteiger partial charge in [0.05, 0.1) is 23.6 Å². The fraction of sp³-hybridized carbons (Fsp3) is 0.280. The summed E-state index contributed by atoms with van der Waals surface area (Å²) in [5.41, 5.74) is 8.27. The lowest BCUT2D eigenvalue weighted by Gasteiger charge is -2.41. The van der Waals surface area contributed by atoms with Crippen LogP contribution in [0.2, 0.25) is 0 Å². The Balaban J connectivity index is 1.62. The summed E-state index contributed by atoms with van der Waals surface area (Å²) in [6.07, 6.45) is 3.30. The lowest BCUT2D eigenvalue weighted by molar-refractivity contribution is -0.114. The highest BCUT2D eigenvalue weighted by molar-refractivity contribution is 6.20. The first-order valence-electron chi connectivity index (χ1n) is 10.8. The van der Waals surface area contributed by atoms with E-state index in [0.29, 0.717) is 19.3 Å². The Bertz CT molecular complexity index is 1050. The van der Waals surface area contributed by atoms with Crippen LogP contribution in [0.3, 0.4) is 0 Å². The van der Waals surface area contributed by atoms with Gasteiger partial charge in [-0.25, -0.2) is 0 Å². The number of nitrogens with two attached hydrogens (primary N) is 1. The molecule has 0 radical (unpaired) electrons. The van der Waals surface area contributed by atoms with Gasteiger partial charge in [0.15, 0.2) is 0 Å². The molecule has 8 nitrogen and oxygen atoms in total. The first kappa shape index (κ1) is 23.7. The topological polar surface area (TPSA) is 135 Å². The van der Waals surface area contributed by atoms with E-state index in [1.54, 1.807) is 0 Å². The Labute approximate surface area is 193 Å². The van der Waals surface area contributed by atoms with E-state index in [1.807, 2.05) is 18.2 Å². The summed E-state index contributed by atoms with van der Waals surface area (Å²) in [5, 5.41) is 22.4. The van der Waals surface area contributed by atoms with Crippen molar-refractivity contribution in [2.45, 2.75) is 31.3 Å². The van der Waals surface area contributed by atoms with Crippen LogP contribution in [0, 0.1) is 16.7 Å². The number of piperidine rings is 1. The van der Waals surface area contributed by atoms with Crippen molar-refractivity contribution in [1.82, 2.24) is 15.5 Å². The van der Waals surface area contributed by atoms with Crippen LogP contribution in [-0.2, 0) is 16.1 Å². The molecule has 2 aromatic rings. The third-order valence-electron chi connectivity index (χ3n) is 5.96. The van der Waals surface area contributed by atoms with Crippen LogP contribution in [0.4, 0.5) is 0 Å². The number of nitriles is 1. The number of amidine groups is 1. The molecule has 2 amide bonds. The van der Waals surface area contributed by atoms with Crippen molar-refractivity contribution in [3.05, 3.63) is 71.9 Å². The van der Waals surface area contributed by atoms with Crippen LogP contribution in [0.25, 0.3) is 11.1 Å². The molecule has 0 unspecified atom stereocenters. The van der Waals surface area contributed by atoms with E-state index in [4.69, 9.17) is 11.1 Å². The molecule has 2 aromatic carbocycles. The van der Waals surface area contributed by atoms with E-state index < -0.39 is 11.4 Å². The first-order chi connectivity index (χ1) is 16.0. The van der Waals surface area contributed by atoms with Gasteiger partial charge >= 0.3 is 0 Å². The van der Waals surface area contributed by atoms with Crippen LogP contribution in [0.1, 0.15) is 24.8 Å². The predicted molar refractivity (Wildman–Crippen MR) is 127 cm³/mol. The molecule has 1 saturated heterocycles. The minimum absolute atomic E-state index is 0.139. The van der Waals surface area contributed by atoms with Crippen molar-refractivity contribution < 1.29 is 9.59 Å². The van der Waals surface area contributed by atoms with Gasteiger partial charge < -0.3 is 16.4 Å². The Hall–Kier alpha value is -3.96. The standard InChI is InChI=1S/C25H28N6O2/c26-13-10-25(30-16-22(24(28)33)23(27)29-18-32)11-14-31(15-12-25)17-19-6-8-21(9-7-19)20-4-2-1-3-5-20/h1-9,16,18,30H,10-12,14-15,17H2,(H2,28,33)(H2,27,29,32)/b22-16+. The molecular weight excluding hydrogens is 416 g/mol. The summed E-state index contributed by atoms with van der Waals surface area (Å²) < 4.78 is 0. The van der Waals surface area contributed by atoms with Gasteiger partial charge in [0.1, 0.15) is 5.84 Å². The van der Waals surface area contributed by atoms with Gasteiger partial charge in [0, 0.05) is 25.8 Å². The Morgan fingerprint density at radius 3 is 2.33 bits per heavy atom. The highest BCUT2D eigenvalue weighted by Gasteiger charge is 2.34. The molecular formula is C25H28N6O2. The second-order valence-electron chi connectivity index (χ2n) is 8.16. The van der Waals surface area contributed by atoms with Crippen LogP contribution < -0.4 is 16.4 Å². The number of carbonyl (C=O) groups excluding carboxylic acids is 2. The summed E-state index contributed by atoms with van der Waals surface area (Å²) in [5.74, 6) is -1.21. The number of hydrogen-bond donors (Lipinski definition) is 4. The number of benzene rings is 2. The zero-order valence-electron chi connectivity index (χ0n) is 18.4. The number of likely N-dealkylation sites (tertiary alicyclic amines) is 1. The van der Waals surface area contributed by atoms with E-state index in [-0.39, 0.29) is 17.8 Å². The molecule has 1 heterocycles. The summed E-state index contributed by atoms with van der Waals surface area (Å²) in [7, 11) is 0. The molecule has 33 heavy (non-hydrogen) atoms. The van der Waals surface area contributed by atoms with Crippen LogP contribution in [-0.4, -0.2) is 41.7 Å². The normalized spacial score (nSPS) is 15.8. The van der Waals surface area contributed by atoms with E-state index in [9.17, 15) is 14.9 Å². The van der Waals surface area contributed by atoms with Gasteiger partial charge in [-0.2, -0.15) is 5.26 Å². The molecule has 5 N–H and O–H groups in total. The summed E-state index contributed by atoms with van der Waals surface area (Å²) in [4.78, 5) is 24.6. The average molecular weight is 445 g/mol. The molecule has 0 atom stereocenters. The number of hydrogen-bond acceptors (Lipinski definition) is 6. The molecule has 0 aliphatic carbocycles. The maximum absolute atomic E-state index is 11.7. The summed E-state index contributed by atoms with van der Waals surface area (Å²) in [6, 6.07) is 21.0. The number of nitrogens with one attached hydrogen (secondary N) is 3. The largest absolute Gasteiger partial charge is 0.384 e. The number of amides is 2. The van der Waals surface area contributed by atoms with Crippen LogP contribution in [0.15, 0.2) is 66.4 Å². The Kier molecular flexibility index (Phi) is 7.95. The first-order valence-corrected chi connectivity index (χ1v) is 10.8. The van der Waals surface area contributed by atoms with Crippen LogP contribution in [0.5, 0.6) is 0 Å². The van der Waals surface area contributed by atoms with Gasteiger partial charge in [0.2, 0.25) is 6.41 Å². The third-order valence-corrected chi connectivity index (χ3v) is 5.96. The van der Waals surface area contributed by atoms with Crippen molar-refractivity contribution in [1.29, 1.82) is 10.7 Å². The van der Waals surface area contributed by atoms with Crippen molar-refractivity contribution in [3.63, 3.8) is 0 Å². The highest BCUT2D eigenvalue weighted by Crippen LogP contribution is 2.27. The molecule has 0 aromatic heterocycles. The van der Waals surface area contributed by atoms with Crippen molar-refractivity contribution in [2.75, 3.05) is 13.1 Å². The summed E-state index contributed by atoms with van der Waals surface area (Å²) >= 11 is 0. The third kappa shape index (κ3) is 6.28. The molecule has 0 spiro atoms. The second-order valence-corrected chi connectivity index (χ2v) is 8.16.